The average molecular weight is 350 g/mol. The van der Waals surface area contributed by atoms with Crippen LogP contribution in [0.1, 0.15) is 54.4 Å². The van der Waals surface area contributed by atoms with Crippen molar-refractivity contribution in [3.63, 3.8) is 0 Å². The Morgan fingerprint density at radius 3 is 2.04 bits per heavy atom. The summed E-state index contributed by atoms with van der Waals surface area (Å²) in [7, 11) is -2.33. The van der Waals surface area contributed by atoms with Gasteiger partial charge in [0.05, 0.1) is 18.4 Å². The van der Waals surface area contributed by atoms with Gasteiger partial charge in [0.1, 0.15) is 0 Å². The van der Waals surface area contributed by atoms with Crippen molar-refractivity contribution in [1.29, 1.82) is 0 Å². The molecule has 6 N–H and O–H groups in total. The molecule has 23 heavy (non-hydrogen) atoms. The van der Waals surface area contributed by atoms with Crippen molar-refractivity contribution < 1.29 is 14.6 Å². The minimum absolute atomic E-state index is 0.186. The molecule has 0 saturated carbocycles. The third-order valence-electron chi connectivity index (χ3n) is 4.28. The zero-order valence-corrected chi connectivity index (χ0v) is 17.1. The lowest BCUT2D eigenvalue weighted by Gasteiger charge is -2.46. The summed E-state index contributed by atoms with van der Waals surface area (Å²) in [6.07, 6.45) is 1.55. The number of hydrogen-bond acceptors (Lipinski definition) is 6. The molecule has 2 unspecified atom stereocenters. The van der Waals surface area contributed by atoms with E-state index in [1.54, 1.807) is 0 Å². The molecular formula is C16H39N3O3Si. The highest BCUT2D eigenvalue weighted by molar-refractivity contribution is 6.75. The smallest absolute Gasteiger partial charge is 0.224 e. The molecule has 0 aliphatic heterocycles. The van der Waals surface area contributed by atoms with Gasteiger partial charge in [0, 0.05) is 17.4 Å². The molecule has 0 aliphatic carbocycles. The van der Waals surface area contributed by atoms with Crippen LogP contribution in [0.4, 0.5) is 0 Å². The van der Waals surface area contributed by atoms with Crippen LogP contribution in [-0.4, -0.2) is 65.8 Å². The molecule has 0 rings (SSSR count). The fourth-order valence-corrected chi connectivity index (χ4v) is 5.67. The zero-order valence-electron chi connectivity index (χ0n) is 16.1. The fourth-order valence-electron chi connectivity index (χ4n) is 2.48. The number of rotatable bonds is 11. The molecule has 0 aromatic rings. The summed E-state index contributed by atoms with van der Waals surface area (Å²) in [4.78, 5) is 2.34. The molecule has 0 aliphatic rings. The molecule has 0 radical (unpaired) electrons. The van der Waals surface area contributed by atoms with E-state index in [1.807, 2.05) is 27.7 Å². The van der Waals surface area contributed by atoms with Crippen molar-refractivity contribution in [2.24, 2.45) is 11.5 Å². The van der Waals surface area contributed by atoms with Crippen LogP contribution in [0.25, 0.3) is 0 Å². The second-order valence-corrected chi connectivity index (χ2v) is 12.5. The Bertz CT molecular complexity index is 342. The van der Waals surface area contributed by atoms with Gasteiger partial charge in [-0.15, -0.1) is 0 Å². The zero-order chi connectivity index (χ0) is 18.5. The van der Waals surface area contributed by atoms with E-state index >= 15 is 0 Å². The number of nitrogens with two attached hydrogens (primary N) is 2. The van der Waals surface area contributed by atoms with Crippen LogP contribution >= 0.6 is 0 Å². The molecular weight excluding hydrogens is 310 g/mol. The molecule has 0 fully saturated rings. The summed E-state index contributed by atoms with van der Waals surface area (Å²) in [5, 5.41) is 18.0. The first kappa shape index (κ1) is 23.0. The second kappa shape index (κ2) is 8.89. The molecule has 7 heteroatoms. The maximum Gasteiger partial charge on any atom is 0.224 e. The van der Waals surface area contributed by atoms with E-state index in [-0.39, 0.29) is 6.61 Å². The van der Waals surface area contributed by atoms with Gasteiger partial charge in [-0.3, -0.25) is 0 Å². The quantitative estimate of drug-likeness (QED) is 0.327. The third kappa shape index (κ3) is 8.58. The molecule has 0 bridgehead atoms. The third-order valence-corrected chi connectivity index (χ3v) is 8.99. The van der Waals surface area contributed by atoms with Crippen molar-refractivity contribution in [1.82, 2.24) is 4.90 Å². The van der Waals surface area contributed by atoms with E-state index in [1.165, 1.54) is 0 Å². The van der Waals surface area contributed by atoms with Crippen LogP contribution in [0.2, 0.25) is 6.55 Å². The fraction of sp³-hybridized carbons (Fsp3) is 1.00. The largest absolute Gasteiger partial charge is 0.397 e. The number of aliphatic hydroxyl groups is 2. The van der Waals surface area contributed by atoms with E-state index in [2.05, 4.69) is 25.3 Å². The van der Waals surface area contributed by atoms with Gasteiger partial charge < -0.3 is 31.0 Å². The van der Waals surface area contributed by atoms with Crippen molar-refractivity contribution >= 4 is 8.32 Å². The van der Waals surface area contributed by atoms with Crippen LogP contribution in [0.15, 0.2) is 0 Å². The number of nitrogens with zero attached hydrogens (tertiary/aromatic N) is 1. The Labute approximate surface area is 143 Å². The molecule has 0 aromatic carbocycles. The van der Waals surface area contributed by atoms with Crippen LogP contribution in [0, 0.1) is 0 Å². The van der Waals surface area contributed by atoms with Gasteiger partial charge in [-0.25, -0.2) is 0 Å². The highest BCUT2D eigenvalue weighted by Gasteiger charge is 2.47. The minimum atomic E-state index is -2.33. The van der Waals surface area contributed by atoms with E-state index < -0.39 is 25.3 Å². The van der Waals surface area contributed by atoms with E-state index in [0.717, 1.165) is 19.1 Å². The molecule has 2 atom stereocenters. The van der Waals surface area contributed by atoms with Gasteiger partial charge >= 0.3 is 0 Å². The lowest BCUT2D eigenvalue weighted by Crippen LogP contribution is -2.69. The SMILES string of the molecule is CC(C)N(CCCC(O)CO)C[Si](C)(OC(C)(C)N)C(C)(C)N. The summed E-state index contributed by atoms with van der Waals surface area (Å²) >= 11 is 0. The van der Waals surface area contributed by atoms with Gasteiger partial charge in [-0.05, 0) is 67.5 Å². The lowest BCUT2D eigenvalue weighted by molar-refractivity contribution is 0.0773. The topological polar surface area (TPSA) is 105 Å². The Morgan fingerprint density at radius 1 is 1.17 bits per heavy atom. The van der Waals surface area contributed by atoms with Crippen LogP contribution in [-0.2, 0) is 4.43 Å². The van der Waals surface area contributed by atoms with Gasteiger partial charge in [0.2, 0.25) is 8.32 Å². The highest BCUT2D eigenvalue weighted by Crippen LogP contribution is 2.25. The van der Waals surface area contributed by atoms with Gasteiger partial charge in [0.25, 0.3) is 0 Å². The summed E-state index contributed by atoms with van der Waals surface area (Å²) in [6, 6.07) is 0.347. The highest BCUT2D eigenvalue weighted by atomic mass is 28.4. The monoisotopic (exact) mass is 349 g/mol. The van der Waals surface area contributed by atoms with Gasteiger partial charge in [0.15, 0.2) is 0 Å². The van der Waals surface area contributed by atoms with Crippen LogP contribution < -0.4 is 11.5 Å². The predicted molar refractivity (Wildman–Crippen MR) is 98.3 cm³/mol. The first-order valence-electron chi connectivity index (χ1n) is 8.53. The number of hydrogen-bond donors (Lipinski definition) is 4. The average Bonchev–Trinajstić information content (AvgIpc) is 2.33. The maximum atomic E-state index is 9.50. The van der Waals surface area contributed by atoms with Crippen molar-refractivity contribution in [3.8, 4) is 0 Å². The molecule has 0 aromatic heterocycles. The van der Waals surface area contributed by atoms with E-state index in [0.29, 0.717) is 12.5 Å². The minimum Gasteiger partial charge on any atom is -0.397 e. The first-order valence-corrected chi connectivity index (χ1v) is 11.1. The van der Waals surface area contributed by atoms with E-state index in [9.17, 15) is 5.11 Å². The standard InChI is InChI=1S/C16H39N3O3Si/c1-13(2)19(10-8-9-14(21)11-20)12-23(7,16(5,6)18)22-15(3,4)17/h13-14,20-21H,8-12,17-18H2,1-7H3. The molecule has 0 amide bonds. The predicted octanol–water partition coefficient (Wildman–Crippen LogP) is 0.933. The Hall–Kier alpha value is -0.0231. The molecule has 0 saturated heterocycles. The first-order chi connectivity index (χ1) is 10.2. The van der Waals surface area contributed by atoms with Crippen molar-refractivity contribution in [2.45, 2.75) is 84.0 Å². The summed E-state index contributed by atoms with van der Waals surface area (Å²) < 4.78 is 6.28. The molecule has 140 valence electrons. The van der Waals surface area contributed by atoms with E-state index in [4.69, 9.17) is 21.0 Å². The molecule has 0 spiro atoms. The molecule has 6 nitrogen and oxygen atoms in total. The summed E-state index contributed by atoms with van der Waals surface area (Å²) in [5.74, 6) is 0. The Kier molecular flexibility index (Phi) is 8.88. The Morgan fingerprint density at radius 2 is 1.70 bits per heavy atom. The molecule has 0 heterocycles. The summed E-state index contributed by atoms with van der Waals surface area (Å²) in [6.45, 7) is 14.8. The van der Waals surface area contributed by atoms with Gasteiger partial charge in [-0.1, -0.05) is 0 Å². The second-order valence-electron chi connectivity index (χ2n) is 8.20. The van der Waals surface area contributed by atoms with Gasteiger partial charge in [-0.2, -0.15) is 0 Å². The maximum absolute atomic E-state index is 9.50. The number of aliphatic hydroxyl groups excluding tert-OH is 2. The van der Waals surface area contributed by atoms with Crippen LogP contribution in [0.5, 0.6) is 0 Å². The van der Waals surface area contributed by atoms with Crippen molar-refractivity contribution in [2.75, 3.05) is 19.3 Å². The normalized spacial score (nSPS) is 17.6. The van der Waals surface area contributed by atoms with Crippen molar-refractivity contribution in [3.05, 3.63) is 0 Å². The van der Waals surface area contributed by atoms with Crippen LogP contribution in [0.3, 0.4) is 0 Å². The summed E-state index contributed by atoms with van der Waals surface area (Å²) in [5.41, 5.74) is 11.8. The lowest BCUT2D eigenvalue weighted by atomic mass is 10.2. The Balaban J connectivity index is 5.02.